The first-order chi connectivity index (χ1) is 10.1. The maximum atomic E-state index is 12.6. The lowest BCUT2D eigenvalue weighted by Gasteiger charge is -2.33. The molecule has 3 rings (SSSR count). The molecule has 1 unspecified atom stereocenters. The van der Waals surface area contributed by atoms with Gasteiger partial charge < -0.3 is 0 Å². The summed E-state index contributed by atoms with van der Waals surface area (Å²) >= 11 is 0. The highest BCUT2D eigenvalue weighted by Gasteiger charge is 2.43. The lowest BCUT2D eigenvalue weighted by Crippen LogP contribution is -2.45. The van der Waals surface area contributed by atoms with Gasteiger partial charge in [0.15, 0.2) is 0 Å². The highest BCUT2D eigenvalue weighted by atomic mass is 16.2. The van der Waals surface area contributed by atoms with Gasteiger partial charge in [0, 0.05) is 0 Å². The number of likely N-dealkylation sites (tertiary alicyclic amines) is 1. The van der Waals surface area contributed by atoms with Crippen LogP contribution in [-0.2, 0) is 9.59 Å². The first-order valence-corrected chi connectivity index (χ1v) is 7.74. The number of rotatable bonds is 2. The molecule has 2 amide bonds. The highest BCUT2D eigenvalue weighted by molar-refractivity contribution is 6.22. The number of anilines is 1. The van der Waals surface area contributed by atoms with Gasteiger partial charge in [-0.05, 0) is 50.9 Å². The summed E-state index contributed by atoms with van der Waals surface area (Å²) in [6.07, 6.45) is 2.55. The lowest BCUT2D eigenvalue weighted by atomic mass is 9.97. The summed E-state index contributed by atoms with van der Waals surface area (Å²) in [5.41, 5.74) is 1.82. The summed E-state index contributed by atoms with van der Waals surface area (Å²) in [4.78, 5) is 28.5. The Morgan fingerprint density at radius 3 is 2.29 bits per heavy atom. The molecule has 4 heteroatoms. The molecule has 0 saturated carbocycles. The lowest BCUT2D eigenvalue weighted by molar-refractivity contribution is -0.123. The van der Waals surface area contributed by atoms with Crippen molar-refractivity contribution < 1.29 is 9.59 Å². The fourth-order valence-corrected chi connectivity index (χ4v) is 3.21. The normalized spacial score (nSPS) is 24.9. The predicted molar refractivity (Wildman–Crippen MR) is 82.0 cm³/mol. The van der Waals surface area contributed by atoms with Gasteiger partial charge in [0.2, 0.25) is 5.91 Å². The third-order valence-corrected chi connectivity index (χ3v) is 4.67. The number of carbonyl (C=O) groups excluding carboxylic acids is 2. The number of piperidine rings is 1. The molecule has 2 fully saturated rings. The van der Waals surface area contributed by atoms with Crippen molar-refractivity contribution in [1.29, 1.82) is 0 Å². The molecule has 1 atom stereocenters. The van der Waals surface area contributed by atoms with Crippen LogP contribution in [0.25, 0.3) is 0 Å². The number of imide groups is 1. The molecule has 0 spiro atoms. The topological polar surface area (TPSA) is 40.6 Å². The summed E-state index contributed by atoms with van der Waals surface area (Å²) in [7, 11) is 0. The molecular weight excluding hydrogens is 264 g/mol. The summed E-state index contributed by atoms with van der Waals surface area (Å²) in [6, 6.07) is 7.32. The van der Waals surface area contributed by atoms with E-state index in [1.165, 1.54) is 4.90 Å². The second-order valence-electron chi connectivity index (χ2n) is 6.34. The van der Waals surface area contributed by atoms with Crippen LogP contribution in [-0.4, -0.2) is 35.8 Å². The number of benzene rings is 1. The van der Waals surface area contributed by atoms with Gasteiger partial charge in [0.1, 0.15) is 0 Å². The molecule has 0 radical (unpaired) electrons. The molecule has 1 aromatic carbocycles. The fourth-order valence-electron chi connectivity index (χ4n) is 3.21. The predicted octanol–water partition coefficient (Wildman–Crippen LogP) is 2.36. The Morgan fingerprint density at radius 1 is 1.05 bits per heavy atom. The molecular formula is C17H22N2O2. The van der Waals surface area contributed by atoms with E-state index in [-0.39, 0.29) is 17.9 Å². The SMILES string of the molecule is Cc1ccc(N2C(=O)CC(N3CCC(C)CC3)C2=O)cc1. The Kier molecular flexibility index (Phi) is 3.81. The fraction of sp³-hybridized carbons (Fsp3) is 0.529. The number of carbonyl (C=O) groups is 2. The zero-order chi connectivity index (χ0) is 15.0. The van der Waals surface area contributed by atoms with Gasteiger partial charge in [-0.2, -0.15) is 0 Å². The molecule has 2 saturated heterocycles. The molecule has 2 aliphatic rings. The minimum absolute atomic E-state index is 0.0570. The van der Waals surface area contributed by atoms with E-state index >= 15 is 0 Å². The number of hydrogen-bond donors (Lipinski definition) is 0. The van der Waals surface area contributed by atoms with Crippen LogP contribution >= 0.6 is 0 Å². The van der Waals surface area contributed by atoms with Crippen LogP contribution < -0.4 is 4.90 Å². The minimum Gasteiger partial charge on any atom is -0.292 e. The molecule has 21 heavy (non-hydrogen) atoms. The summed E-state index contributed by atoms with van der Waals surface area (Å²) in [6.45, 7) is 6.09. The number of aryl methyl sites for hydroxylation is 1. The third kappa shape index (κ3) is 2.72. The quantitative estimate of drug-likeness (QED) is 0.784. The van der Waals surface area contributed by atoms with Crippen LogP contribution in [0.4, 0.5) is 5.69 Å². The van der Waals surface area contributed by atoms with Crippen LogP contribution in [0, 0.1) is 12.8 Å². The average molecular weight is 286 g/mol. The summed E-state index contributed by atoms with van der Waals surface area (Å²) in [5.74, 6) is 0.590. The molecule has 0 bridgehead atoms. The van der Waals surface area contributed by atoms with Crippen LogP contribution in [0.1, 0.15) is 31.7 Å². The van der Waals surface area contributed by atoms with Crippen molar-refractivity contribution in [3.8, 4) is 0 Å². The van der Waals surface area contributed by atoms with E-state index < -0.39 is 0 Å². The first kappa shape index (κ1) is 14.3. The van der Waals surface area contributed by atoms with Crippen LogP contribution in [0.2, 0.25) is 0 Å². The van der Waals surface area contributed by atoms with E-state index in [0.29, 0.717) is 12.1 Å². The molecule has 112 valence electrons. The van der Waals surface area contributed by atoms with E-state index in [9.17, 15) is 9.59 Å². The van der Waals surface area contributed by atoms with Crippen LogP contribution in [0.5, 0.6) is 0 Å². The second-order valence-corrected chi connectivity index (χ2v) is 6.34. The number of hydrogen-bond acceptors (Lipinski definition) is 3. The molecule has 0 aliphatic carbocycles. The van der Waals surface area contributed by atoms with Crippen LogP contribution in [0.3, 0.4) is 0 Å². The first-order valence-electron chi connectivity index (χ1n) is 7.74. The van der Waals surface area contributed by atoms with Crippen molar-refractivity contribution in [3.63, 3.8) is 0 Å². The minimum atomic E-state index is -0.258. The van der Waals surface area contributed by atoms with Crippen molar-refractivity contribution in [3.05, 3.63) is 29.8 Å². The Morgan fingerprint density at radius 2 is 1.67 bits per heavy atom. The molecule has 2 aliphatic heterocycles. The van der Waals surface area contributed by atoms with E-state index in [4.69, 9.17) is 0 Å². The Hall–Kier alpha value is -1.68. The zero-order valence-electron chi connectivity index (χ0n) is 12.7. The van der Waals surface area contributed by atoms with Gasteiger partial charge in [-0.15, -0.1) is 0 Å². The van der Waals surface area contributed by atoms with Gasteiger partial charge in [-0.1, -0.05) is 24.6 Å². The van der Waals surface area contributed by atoms with Crippen molar-refractivity contribution in [1.82, 2.24) is 4.90 Å². The maximum Gasteiger partial charge on any atom is 0.251 e. The third-order valence-electron chi connectivity index (χ3n) is 4.67. The van der Waals surface area contributed by atoms with Gasteiger partial charge in [0.05, 0.1) is 18.2 Å². The van der Waals surface area contributed by atoms with Crippen molar-refractivity contribution in [2.75, 3.05) is 18.0 Å². The molecule has 2 heterocycles. The van der Waals surface area contributed by atoms with Gasteiger partial charge in [-0.25, -0.2) is 4.90 Å². The van der Waals surface area contributed by atoms with Crippen LogP contribution in [0.15, 0.2) is 24.3 Å². The maximum absolute atomic E-state index is 12.6. The Bertz CT molecular complexity index is 544. The van der Waals surface area contributed by atoms with E-state index in [1.54, 1.807) is 0 Å². The smallest absolute Gasteiger partial charge is 0.251 e. The van der Waals surface area contributed by atoms with Crippen molar-refractivity contribution in [2.45, 2.75) is 39.2 Å². The Balaban J connectivity index is 1.77. The largest absolute Gasteiger partial charge is 0.292 e. The monoisotopic (exact) mass is 286 g/mol. The summed E-state index contributed by atoms with van der Waals surface area (Å²) in [5, 5.41) is 0. The standard InChI is InChI=1S/C17H22N2O2/c1-12-3-5-14(6-4-12)19-16(20)11-15(17(19)21)18-9-7-13(2)8-10-18/h3-6,13,15H,7-11H2,1-2H3. The zero-order valence-corrected chi connectivity index (χ0v) is 12.7. The number of nitrogens with zero attached hydrogens (tertiary/aromatic N) is 2. The number of amides is 2. The van der Waals surface area contributed by atoms with Crippen molar-refractivity contribution in [2.24, 2.45) is 5.92 Å². The van der Waals surface area contributed by atoms with E-state index in [1.807, 2.05) is 31.2 Å². The molecule has 1 aromatic rings. The van der Waals surface area contributed by atoms with Crippen molar-refractivity contribution >= 4 is 17.5 Å². The van der Waals surface area contributed by atoms with Gasteiger partial charge in [-0.3, -0.25) is 14.5 Å². The molecule has 4 nitrogen and oxygen atoms in total. The van der Waals surface area contributed by atoms with Gasteiger partial charge >= 0.3 is 0 Å². The molecule has 0 aromatic heterocycles. The van der Waals surface area contributed by atoms with Gasteiger partial charge in [0.25, 0.3) is 5.91 Å². The van der Waals surface area contributed by atoms with E-state index in [0.717, 1.165) is 37.4 Å². The average Bonchev–Trinajstić information content (AvgIpc) is 2.76. The summed E-state index contributed by atoms with van der Waals surface area (Å²) < 4.78 is 0. The van der Waals surface area contributed by atoms with E-state index in [2.05, 4.69) is 11.8 Å². The molecule has 0 N–H and O–H groups in total. The Labute approximate surface area is 125 Å². The highest BCUT2D eigenvalue weighted by Crippen LogP contribution is 2.28. The second kappa shape index (κ2) is 5.60.